The van der Waals surface area contributed by atoms with Crippen LogP contribution in [-0.2, 0) is 21.4 Å². The van der Waals surface area contributed by atoms with E-state index in [1.54, 1.807) is 0 Å². The van der Waals surface area contributed by atoms with Gasteiger partial charge in [0, 0.05) is 17.8 Å². The summed E-state index contributed by atoms with van der Waals surface area (Å²) >= 11 is 0. The van der Waals surface area contributed by atoms with Crippen LogP contribution in [0.2, 0.25) is 0 Å². The van der Waals surface area contributed by atoms with Crippen LogP contribution >= 0.6 is 0 Å². The minimum absolute atomic E-state index is 0.127. The average Bonchev–Trinajstić information content (AvgIpc) is 2.75. The van der Waals surface area contributed by atoms with Gasteiger partial charge in [0.25, 0.3) is 0 Å². The summed E-state index contributed by atoms with van der Waals surface area (Å²) in [5.41, 5.74) is 3.90. The van der Waals surface area contributed by atoms with Crippen LogP contribution in [0.4, 0.5) is 0 Å². The first kappa shape index (κ1) is 23.0. The molecule has 4 atom stereocenters. The van der Waals surface area contributed by atoms with Crippen LogP contribution in [0.1, 0.15) is 37.0 Å². The number of hydrogen-bond acceptors (Lipinski definition) is 3. The SMILES string of the molecule is Cc1cccc([C@]2(C)CC[NH+](C[C@H](Cc3ccccc3)C(=O)NCC(=O)[O-])C[C@@H]2C)c1. The van der Waals surface area contributed by atoms with Gasteiger partial charge in [-0.1, -0.05) is 74.0 Å². The molecule has 5 heteroatoms. The summed E-state index contributed by atoms with van der Waals surface area (Å²) in [5.74, 6) is -1.27. The number of quaternary nitrogens is 1. The lowest BCUT2D eigenvalue weighted by Crippen LogP contribution is -3.15. The summed E-state index contributed by atoms with van der Waals surface area (Å²) in [6.07, 6.45) is 1.67. The van der Waals surface area contributed by atoms with Crippen molar-refractivity contribution < 1.29 is 19.6 Å². The van der Waals surface area contributed by atoms with Crippen LogP contribution in [0.25, 0.3) is 0 Å². The number of carbonyl (C=O) groups excluding carboxylic acids is 2. The van der Waals surface area contributed by atoms with Gasteiger partial charge in [-0.2, -0.15) is 0 Å². The topological polar surface area (TPSA) is 73.7 Å². The fourth-order valence-corrected chi connectivity index (χ4v) is 4.87. The second kappa shape index (κ2) is 10.1. The fourth-order valence-electron chi connectivity index (χ4n) is 4.87. The molecule has 1 fully saturated rings. The number of aryl methyl sites for hydroxylation is 1. The quantitative estimate of drug-likeness (QED) is 0.664. The summed E-state index contributed by atoms with van der Waals surface area (Å²) in [7, 11) is 0. The molecule has 1 unspecified atom stereocenters. The molecule has 0 aromatic heterocycles. The molecule has 1 heterocycles. The van der Waals surface area contributed by atoms with Gasteiger partial charge in [-0.15, -0.1) is 0 Å². The Labute approximate surface area is 185 Å². The number of carboxylic acid groups (broad SMARTS) is 1. The maximum Gasteiger partial charge on any atom is 0.229 e. The first-order valence-electron chi connectivity index (χ1n) is 11.2. The molecule has 3 rings (SSSR count). The largest absolute Gasteiger partial charge is 0.548 e. The minimum atomic E-state index is -1.26. The van der Waals surface area contributed by atoms with E-state index in [1.165, 1.54) is 16.0 Å². The van der Waals surface area contributed by atoms with Gasteiger partial charge >= 0.3 is 0 Å². The Morgan fingerprint density at radius 1 is 1.19 bits per heavy atom. The smallest absolute Gasteiger partial charge is 0.229 e. The highest BCUT2D eigenvalue weighted by Crippen LogP contribution is 2.36. The molecule has 31 heavy (non-hydrogen) atoms. The Bertz CT molecular complexity index is 899. The number of benzene rings is 2. The number of aliphatic carboxylic acids is 1. The summed E-state index contributed by atoms with van der Waals surface area (Å²) in [6.45, 7) is 9.04. The summed E-state index contributed by atoms with van der Waals surface area (Å²) in [6, 6.07) is 18.7. The highest BCUT2D eigenvalue weighted by atomic mass is 16.4. The average molecular weight is 423 g/mol. The molecule has 0 radical (unpaired) electrons. The fraction of sp³-hybridized carbons (Fsp3) is 0.462. The first-order chi connectivity index (χ1) is 14.8. The summed E-state index contributed by atoms with van der Waals surface area (Å²) in [4.78, 5) is 25.0. The molecule has 0 spiro atoms. The molecule has 1 aliphatic rings. The predicted molar refractivity (Wildman–Crippen MR) is 120 cm³/mol. The van der Waals surface area contributed by atoms with Crippen LogP contribution in [0.3, 0.4) is 0 Å². The number of amides is 1. The molecular formula is C26H34N2O3. The molecule has 0 bridgehead atoms. The molecule has 2 N–H and O–H groups in total. The Morgan fingerprint density at radius 3 is 2.58 bits per heavy atom. The maximum absolute atomic E-state index is 12.8. The van der Waals surface area contributed by atoms with E-state index in [9.17, 15) is 14.7 Å². The number of rotatable bonds is 8. The van der Waals surface area contributed by atoms with Gasteiger partial charge in [0.15, 0.2) is 0 Å². The molecule has 1 amide bonds. The van der Waals surface area contributed by atoms with Gasteiger partial charge in [0.1, 0.15) is 0 Å². The van der Waals surface area contributed by atoms with E-state index in [1.807, 2.05) is 30.3 Å². The van der Waals surface area contributed by atoms with Crippen LogP contribution in [0.5, 0.6) is 0 Å². The van der Waals surface area contributed by atoms with E-state index >= 15 is 0 Å². The predicted octanol–water partition coefficient (Wildman–Crippen LogP) is 0.902. The highest BCUT2D eigenvalue weighted by Gasteiger charge is 2.41. The Kier molecular flexibility index (Phi) is 7.50. The van der Waals surface area contributed by atoms with Gasteiger partial charge in [-0.3, -0.25) is 4.79 Å². The first-order valence-corrected chi connectivity index (χ1v) is 11.2. The van der Waals surface area contributed by atoms with E-state index < -0.39 is 12.5 Å². The summed E-state index contributed by atoms with van der Waals surface area (Å²) < 4.78 is 0. The monoisotopic (exact) mass is 422 g/mol. The second-order valence-electron chi connectivity index (χ2n) is 9.32. The van der Waals surface area contributed by atoms with Crippen LogP contribution < -0.4 is 15.3 Å². The lowest BCUT2D eigenvalue weighted by Gasteiger charge is -2.43. The third-order valence-corrected chi connectivity index (χ3v) is 7.00. The lowest BCUT2D eigenvalue weighted by atomic mass is 9.67. The molecular weight excluding hydrogens is 388 g/mol. The van der Waals surface area contributed by atoms with Gasteiger partial charge in [0.2, 0.25) is 5.91 Å². The van der Waals surface area contributed by atoms with E-state index in [2.05, 4.69) is 50.4 Å². The van der Waals surface area contributed by atoms with Gasteiger partial charge in [0.05, 0.1) is 38.1 Å². The van der Waals surface area contributed by atoms with Crippen molar-refractivity contribution in [1.82, 2.24) is 5.32 Å². The Morgan fingerprint density at radius 2 is 1.94 bits per heavy atom. The molecule has 2 aromatic carbocycles. The molecule has 1 saturated heterocycles. The number of likely N-dealkylation sites (tertiary alicyclic amines) is 1. The van der Waals surface area contributed by atoms with E-state index in [4.69, 9.17) is 0 Å². The van der Waals surface area contributed by atoms with Crippen molar-refractivity contribution >= 4 is 11.9 Å². The van der Waals surface area contributed by atoms with E-state index in [0.717, 1.165) is 25.1 Å². The van der Waals surface area contributed by atoms with Crippen molar-refractivity contribution in [2.45, 2.75) is 39.0 Å². The molecule has 5 nitrogen and oxygen atoms in total. The molecule has 166 valence electrons. The number of piperidine rings is 1. The lowest BCUT2D eigenvalue weighted by molar-refractivity contribution is -0.912. The Balaban J connectivity index is 1.69. The van der Waals surface area contributed by atoms with Crippen molar-refractivity contribution in [3.63, 3.8) is 0 Å². The zero-order chi connectivity index (χ0) is 22.4. The van der Waals surface area contributed by atoms with Crippen molar-refractivity contribution in [2.75, 3.05) is 26.2 Å². The van der Waals surface area contributed by atoms with Crippen LogP contribution in [-0.4, -0.2) is 38.1 Å². The minimum Gasteiger partial charge on any atom is -0.548 e. The number of hydrogen-bond donors (Lipinski definition) is 2. The third-order valence-electron chi connectivity index (χ3n) is 7.00. The van der Waals surface area contributed by atoms with Crippen LogP contribution in [0.15, 0.2) is 54.6 Å². The zero-order valence-electron chi connectivity index (χ0n) is 18.8. The van der Waals surface area contributed by atoms with Crippen molar-refractivity contribution in [1.29, 1.82) is 0 Å². The normalized spacial score (nSPS) is 24.4. The van der Waals surface area contributed by atoms with Crippen LogP contribution in [0, 0.1) is 18.8 Å². The summed E-state index contributed by atoms with van der Waals surface area (Å²) in [5, 5.41) is 13.4. The molecule has 0 aliphatic carbocycles. The number of carbonyl (C=O) groups is 2. The van der Waals surface area contributed by atoms with Crippen molar-refractivity contribution in [3.8, 4) is 0 Å². The molecule has 0 saturated carbocycles. The molecule has 1 aliphatic heterocycles. The molecule has 2 aromatic rings. The Hall–Kier alpha value is -2.66. The maximum atomic E-state index is 12.8. The second-order valence-corrected chi connectivity index (χ2v) is 9.32. The zero-order valence-corrected chi connectivity index (χ0v) is 18.8. The van der Waals surface area contributed by atoms with Crippen molar-refractivity contribution in [2.24, 2.45) is 11.8 Å². The highest BCUT2D eigenvalue weighted by molar-refractivity contribution is 5.82. The van der Waals surface area contributed by atoms with Gasteiger partial charge in [-0.25, -0.2) is 0 Å². The third kappa shape index (κ3) is 5.95. The standard InChI is InChI=1S/C26H34N2O3/c1-19-8-7-11-23(14-19)26(3)12-13-28(17-20(26)2)18-22(25(31)27-16-24(29)30)15-21-9-5-4-6-10-21/h4-11,14,20,22H,12-13,15-18H2,1-3H3,(H,27,31)(H,29,30)/t20-,22-,26+/m0/s1. The van der Waals surface area contributed by atoms with Gasteiger partial charge in [-0.05, 0) is 24.5 Å². The van der Waals surface area contributed by atoms with Gasteiger partial charge < -0.3 is 20.1 Å². The van der Waals surface area contributed by atoms with E-state index in [0.29, 0.717) is 18.9 Å². The van der Waals surface area contributed by atoms with Crippen molar-refractivity contribution in [3.05, 3.63) is 71.3 Å². The number of nitrogens with one attached hydrogen (secondary N) is 2. The van der Waals surface area contributed by atoms with E-state index in [-0.39, 0.29) is 17.2 Å². The number of carboxylic acids is 1.